The van der Waals surface area contributed by atoms with Crippen LogP contribution in [0.15, 0.2) is 71.6 Å². The third-order valence-electron chi connectivity index (χ3n) is 5.36. The normalized spacial score (nSPS) is 12.0. The van der Waals surface area contributed by atoms with Gasteiger partial charge in [-0.25, -0.2) is 8.42 Å². The Morgan fingerprint density at radius 2 is 1.46 bits per heavy atom. The van der Waals surface area contributed by atoms with Crippen molar-refractivity contribution in [1.82, 2.24) is 5.32 Å². The standard InChI is InChI=1S/C27H32N2O5S/c1-19-6-12-26(13-7-19)35(31,32)29(23-15-20(2)14-21(3)16-23)17-27(30)28-22(4)18-34-25-10-8-24(33-5)9-11-25/h6-16,22H,17-18H2,1-5H3,(H,28,30). The van der Waals surface area contributed by atoms with Crippen LogP contribution in [-0.2, 0) is 14.8 Å². The van der Waals surface area contributed by atoms with E-state index in [1.165, 1.54) is 0 Å². The molecule has 1 amide bonds. The molecule has 3 aromatic carbocycles. The first-order valence-corrected chi connectivity index (χ1v) is 12.8. The number of nitrogens with zero attached hydrogens (tertiary/aromatic N) is 1. The largest absolute Gasteiger partial charge is 0.497 e. The Balaban J connectivity index is 1.76. The maximum Gasteiger partial charge on any atom is 0.264 e. The minimum Gasteiger partial charge on any atom is -0.497 e. The van der Waals surface area contributed by atoms with E-state index < -0.39 is 15.9 Å². The van der Waals surface area contributed by atoms with E-state index in [1.54, 1.807) is 74.7 Å². The molecule has 1 N–H and O–H groups in total. The quantitative estimate of drug-likeness (QED) is 0.450. The second-order valence-corrected chi connectivity index (χ2v) is 10.5. The van der Waals surface area contributed by atoms with E-state index >= 15 is 0 Å². The number of rotatable bonds is 10. The van der Waals surface area contributed by atoms with Crippen LogP contribution in [0.1, 0.15) is 23.6 Å². The van der Waals surface area contributed by atoms with Crippen molar-refractivity contribution in [3.8, 4) is 11.5 Å². The first-order valence-electron chi connectivity index (χ1n) is 11.3. The summed E-state index contributed by atoms with van der Waals surface area (Å²) in [4.78, 5) is 13.1. The van der Waals surface area contributed by atoms with Crippen molar-refractivity contribution >= 4 is 21.6 Å². The van der Waals surface area contributed by atoms with Crippen LogP contribution in [0.2, 0.25) is 0 Å². The van der Waals surface area contributed by atoms with Crippen LogP contribution in [0.5, 0.6) is 11.5 Å². The number of carbonyl (C=O) groups is 1. The minimum absolute atomic E-state index is 0.131. The lowest BCUT2D eigenvalue weighted by Crippen LogP contribution is -2.45. The van der Waals surface area contributed by atoms with Crippen LogP contribution < -0.4 is 19.1 Å². The molecule has 35 heavy (non-hydrogen) atoms. The van der Waals surface area contributed by atoms with Crippen molar-refractivity contribution in [2.75, 3.05) is 24.6 Å². The molecule has 0 heterocycles. The van der Waals surface area contributed by atoms with E-state index in [1.807, 2.05) is 26.8 Å². The fourth-order valence-corrected chi connectivity index (χ4v) is 5.04. The second-order valence-electron chi connectivity index (χ2n) is 8.63. The number of sulfonamides is 1. The number of nitrogens with one attached hydrogen (secondary N) is 1. The highest BCUT2D eigenvalue weighted by atomic mass is 32.2. The fourth-order valence-electron chi connectivity index (χ4n) is 3.63. The van der Waals surface area contributed by atoms with E-state index in [-0.39, 0.29) is 24.1 Å². The predicted octanol–water partition coefficient (Wildman–Crippen LogP) is 4.40. The molecule has 186 valence electrons. The Kier molecular flexibility index (Phi) is 8.40. The number of methoxy groups -OCH3 is 1. The van der Waals surface area contributed by atoms with Gasteiger partial charge in [-0.1, -0.05) is 23.8 Å². The molecule has 0 fully saturated rings. The van der Waals surface area contributed by atoms with Gasteiger partial charge < -0.3 is 14.8 Å². The summed E-state index contributed by atoms with van der Waals surface area (Å²) < 4.78 is 39.2. The lowest BCUT2D eigenvalue weighted by molar-refractivity contribution is -0.120. The van der Waals surface area contributed by atoms with Crippen LogP contribution in [0, 0.1) is 20.8 Å². The summed E-state index contributed by atoms with van der Waals surface area (Å²) in [6, 6.07) is 18.9. The van der Waals surface area contributed by atoms with E-state index in [0.29, 0.717) is 11.4 Å². The molecule has 0 radical (unpaired) electrons. The van der Waals surface area contributed by atoms with Crippen LogP contribution >= 0.6 is 0 Å². The smallest absolute Gasteiger partial charge is 0.264 e. The number of carbonyl (C=O) groups excluding carboxylic acids is 1. The topological polar surface area (TPSA) is 84.9 Å². The van der Waals surface area contributed by atoms with Crippen molar-refractivity contribution in [2.24, 2.45) is 0 Å². The molecule has 8 heteroatoms. The first-order chi connectivity index (χ1) is 16.6. The summed E-state index contributed by atoms with van der Waals surface area (Å²) in [7, 11) is -2.38. The highest BCUT2D eigenvalue weighted by Gasteiger charge is 2.28. The number of amides is 1. The number of aryl methyl sites for hydroxylation is 3. The van der Waals surface area contributed by atoms with Gasteiger partial charge in [-0.3, -0.25) is 9.10 Å². The zero-order chi connectivity index (χ0) is 25.6. The van der Waals surface area contributed by atoms with Gasteiger partial charge in [-0.05, 0) is 87.4 Å². The van der Waals surface area contributed by atoms with E-state index in [9.17, 15) is 13.2 Å². The van der Waals surface area contributed by atoms with Crippen LogP contribution in [0.4, 0.5) is 5.69 Å². The third kappa shape index (κ3) is 6.99. The number of hydrogen-bond acceptors (Lipinski definition) is 5. The number of ether oxygens (including phenoxy) is 2. The summed E-state index contributed by atoms with van der Waals surface area (Å²) in [5.74, 6) is 0.941. The lowest BCUT2D eigenvalue weighted by Gasteiger charge is -2.26. The molecule has 3 rings (SSSR count). The van der Waals surface area contributed by atoms with Crippen LogP contribution in [0.3, 0.4) is 0 Å². The number of anilines is 1. The zero-order valence-corrected chi connectivity index (χ0v) is 21.6. The van der Waals surface area contributed by atoms with Crippen molar-refractivity contribution in [3.05, 3.63) is 83.4 Å². The first kappa shape index (κ1) is 26.1. The van der Waals surface area contributed by atoms with Crippen LogP contribution in [0.25, 0.3) is 0 Å². The SMILES string of the molecule is COc1ccc(OCC(C)NC(=O)CN(c2cc(C)cc(C)c2)S(=O)(=O)c2ccc(C)cc2)cc1. The van der Waals surface area contributed by atoms with Crippen molar-refractivity contribution in [3.63, 3.8) is 0 Å². The summed E-state index contributed by atoms with van der Waals surface area (Å²) >= 11 is 0. The van der Waals surface area contributed by atoms with Gasteiger partial charge in [0.15, 0.2) is 0 Å². The van der Waals surface area contributed by atoms with Gasteiger partial charge in [0.2, 0.25) is 5.91 Å². The molecule has 0 spiro atoms. The van der Waals surface area contributed by atoms with Gasteiger partial charge in [0.25, 0.3) is 10.0 Å². The van der Waals surface area contributed by atoms with Gasteiger partial charge in [-0.15, -0.1) is 0 Å². The van der Waals surface area contributed by atoms with Gasteiger partial charge >= 0.3 is 0 Å². The van der Waals surface area contributed by atoms with E-state index in [0.717, 1.165) is 26.7 Å². The molecule has 0 bridgehead atoms. The maximum atomic E-state index is 13.6. The molecular formula is C27H32N2O5S. The van der Waals surface area contributed by atoms with Crippen LogP contribution in [-0.4, -0.2) is 40.6 Å². The molecule has 0 saturated heterocycles. The van der Waals surface area contributed by atoms with Gasteiger partial charge in [0.1, 0.15) is 24.7 Å². The monoisotopic (exact) mass is 496 g/mol. The molecule has 1 unspecified atom stereocenters. The third-order valence-corrected chi connectivity index (χ3v) is 7.15. The predicted molar refractivity (Wildman–Crippen MR) is 138 cm³/mol. The molecule has 0 aliphatic carbocycles. The molecule has 0 aliphatic rings. The lowest BCUT2D eigenvalue weighted by atomic mass is 10.1. The van der Waals surface area contributed by atoms with Gasteiger partial charge in [-0.2, -0.15) is 0 Å². The summed E-state index contributed by atoms with van der Waals surface area (Å²) in [6.45, 7) is 7.36. The van der Waals surface area contributed by atoms with Gasteiger partial charge in [0, 0.05) is 0 Å². The highest BCUT2D eigenvalue weighted by molar-refractivity contribution is 7.92. The average molecular weight is 497 g/mol. The number of hydrogen-bond donors (Lipinski definition) is 1. The minimum atomic E-state index is -3.97. The Hall–Kier alpha value is -3.52. The van der Waals surface area contributed by atoms with E-state index in [2.05, 4.69) is 5.32 Å². The number of benzene rings is 3. The summed E-state index contributed by atoms with van der Waals surface area (Å²) in [6.07, 6.45) is 0. The second kappa shape index (κ2) is 11.3. The molecule has 3 aromatic rings. The Labute approximate surface area is 207 Å². The molecule has 0 saturated carbocycles. The van der Waals surface area contributed by atoms with Crippen molar-refractivity contribution in [2.45, 2.75) is 38.6 Å². The molecule has 1 atom stereocenters. The Bertz CT molecular complexity index is 1240. The molecule has 0 aromatic heterocycles. The van der Waals surface area contributed by atoms with Crippen molar-refractivity contribution < 1.29 is 22.7 Å². The van der Waals surface area contributed by atoms with Crippen molar-refractivity contribution in [1.29, 1.82) is 0 Å². The fraction of sp³-hybridized carbons (Fsp3) is 0.296. The van der Waals surface area contributed by atoms with E-state index in [4.69, 9.17) is 9.47 Å². The summed E-state index contributed by atoms with van der Waals surface area (Å²) in [5.41, 5.74) is 3.21. The Morgan fingerprint density at radius 3 is 2.03 bits per heavy atom. The Morgan fingerprint density at radius 1 is 0.886 bits per heavy atom. The maximum absolute atomic E-state index is 13.6. The average Bonchev–Trinajstić information content (AvgIpc) is 2.81. The summed E-state index contributed by atoms with van der Waals surface area (Å²) in [5, 5.41) is 2.84. The van der Waals surface area contributed by atoms with Gasteiger partial charge in [0.05, 0.1) is 23.7 Å². The highest BCUT2D eigenvalue weighted by Crippen LogP contribution is 2.26. The molecule has 0 aliphatic heterocycles. The molecule has 7 nitrogen and oxygen atoms in total. The zero-order valence-electron chi connectivity index (χ0n) is 20.7. The molecular weight excluding hydrogens is 464 g/mol.